The lowest BCUT2D eigenvalue weighted by molar-refractivity contribution is -0.385. The van der Waals surface area contributed by atoms with E-state index in [0.717, 1.165) is 0 Å². The molecule has 122 valence electrons. The number of hydrogen-bond donors (Lipinski definition) is 0. The van der Waals surface area contributed by atoms with Crippen molar-refractivity contribution in [2.45, 2.75) is 0 Å². The van der Waals surface area contributed by atoms with E-state index in [1.54, 1.807) is 19.0 Å². The molecule has 1 aromatic rings. The number of carbonyl (C=O) groups is 1. The van der Waals surface area contributed by atoms with Gasteiger partial charge in [0.15, 0.2) is 17.3 Å². The first-order valence-corrected chi connectivity index (χ1v) is 6.09. The predicted octanol–water partition coefficient (Wildman–Crippen LogP) is 2.33. The van der Waals surface area contributed by atoms with Gasteiger partial charge >= 0.3 is 0 Å². The molecule has 0 amide bonds. The molecule has 8 heteroatoms. The first kappa shape index (κ1) is 19.9. The van der Waals surface area contributed by atoms with Gasteiger partial charge in [-0.3, -0.25) is 14.9 Å². The summed E-state index contributed by atoms with van der Waals surface area (Å²) in [4.78, 5) is 24.6. The van der Waals surface area contributed by atoms with Gasteiger partial charge in [-0.2, -0.15) is 0 Å². The minimum Gasteiger partial charge on any atom is -0.493 e. The third-order valence-electron chi connectivity index (χ3n) is 2.77. The number of benzene rings is 1. The Morgan fingerprint density at radius 1 is 1.27 bits per heavy atom. The van der Waals surface area contributed by atoms with Crippen LogP contribution in [0.4, 0.5) is 5.69 Å². The lowest BCUT2D eigenvalue weighted by atomic mass is 10.0. The number of nitro benzene ring substituents is 1. The van der Waals surface area contributed by atoms with Gasteiger partial charge in [-0.05, 0) is 14.1 Å². The molecule has 1 aromatic carbocycles. The zero-order chi connectivity index (χ0) is 16.2. The maximum absolute atomic E-state index is 12.3. The second kappa shape index (κ2) is 8.35. The van der Waals surface area contributed by atoms with Crippen molar-refractivity contribution in [2.75, 3.05) is 34.9 Å². The van der Waals surface area contributed by atoms with Crippen molar-refractivity contribution < 1.29 is 19.2 Å². The lowest BCUT2D eigenvalue weighted by Crippen LogP contribution is -2.20. The molecule has 0 atom stereocenters. The number of methoxy groups -OCH3 is 2. The van der Waals surface area contributed by atoms with Crippen LogP contribution in [-0.4, -0.2) is 50.5 Å². The van der Waals surface area contributed by atoms with Crippen molar-refractivity contribution in [3.63, 3.8) is 0 Å². The fourth-order valence-corrected chi connectivity index (χ4v) is 1.85. The average Bonchev–Trinajstić information content (AvgIpc) is 2.43. The number of ether oxygens (including phenoxy) is 2. The number of carbonyl (C=O) groups excluding carboxylic acids is 1. The monoisotopic (exact) mass is 330 g/mol. The van der Waals surface area contributed by atoms with Crippen molar-refractivity contribution in [3.8, 4) is 11.5 Å². The highest BCUT2D eigenvalue weighted by Gasteiger charge is 2.25. The van der Waals surface area contributed by atoms with Gasteiger partial charge in [-0.1, -0.05) is 6.58 Å². The van der Waals surface area contributed by atoms with Gasteiger partial charge < -0.3 is 14.4 Å². The van der Waals surface area contributed by atoms with Gasteiger partial charge in [0.2, 0.25) is 0 Å². The van der Waals surface area contributed by atoms with E-state index in [9.17, 15) is 14.9 Å². The molecule has 1 rings (SSSR count). The van der Waals surface area contributed by atoms with E-state index >= 15 is 0 Å². The smallest absolute Gasteiger partial charge is 0.284 e. The van der Waals surface area contributed by atoms with Crippen LogP contribution >= 0.6 is 12.4 Å². The average molecular weight is 331 g/mol. The van der Waals surface area contributed by atoms with E-state index < -0.39 is 10.7 Å². The number of ketones is 1. The molecule has 0 spiro atoms. The van der Waals surface area contributed by atoms with Gasteiger partial charge in [0.25, 0.3) is 5.69 Å². The van der Waals surface area contributed by atoms with Crippen LogP contribution in [0.15, 0.2) is 24.3 Å². The maximum Gasteiger partial charge on any atom is 0.284 e. The van der Waals surface area contributed by atoms with Crippen LogP contribution in [0.2, 0.25) is 0 Å². The number of hydrogen-bond acceptors (Lipinski definition) is 6. The summed E-state index contributed by atoms with van der Waals surface area (Å²) in [7, 11) is 6.32. The van der Waals surface area contributed by atoms with Crippen LogP contribution in [0.1, 0.15) is 10.4 Å². The largest absolute Gasteiger partial charge is 0.493 e. The topological polar surface area (TPSA) is 81.9 Å². The van der Waals surface area contributed by atoms with Crippen LogP contribution < -0.4 is 9.47 Å². The number of Topliss-reactive ketones (excluding diaryl/α,β-unsaturated/α-hetero) is 1. The second-order valence-corrected chi connectivity index (χ2v) is 4.65. The predicted molar refractivity (Wildman–Crippen MR) is 85.5 cm³/mol. The third kappa shape index (κ3) is 4.44. The van der Waals surface area contributed by atoms with Gasteiger partial charge in [0, 0.05) is 18.2 Å². The van der Waals surface area contributed by atoms with Gasteiger partial charge in [-0.15, -0.1) is 12.4 Å². The van der Waals surface area contributed by atoms with Crippen molar-refractivity contribution in [3.05, 3.63) is 40.0 Å². The first-order valence-electron chi connectivity index (χ1n) is 6.09. The molecule has 0 aliphatic heterocycles. The minimum atomic E-state index is -0.627. The lowest BCUT2D eigenvalue weighted by Gasteiger charge is -2.13. The number of rotatable bonds is 7. The van der Waals surface area contributed by atoms with Gasteiger partial charge in [0.05, 0.1) is 25.2 Å². The van der Waals surface area contributed by atoms with Crippen molar-refractivity contribution in [1.29, 1.82) is 0 Å². The van der Waals surface area contributed by atoms with Crippen LogP contribution in [0.3, 0.4) is 0 Å². The molecular weight excluding hydrogens is 312 g/mol. The van der Waals surface area contributed by atoms with Gasteiger partial charge in [-0.25, -0.2) is 0 Å². The molecule has 0 heterocycles. The highest BCUT2D eigenvalue weighted by Crippen LogP contribution is 2.35. The Labute approximate surface area is 135 Å². The van der Waals surface area contributed by atoms with Gasteiger partial charge in [0.1, 0.15) is 5.56 Å². The quantitative estimate of drug-likeness (QED) is 0.330. The Kier molecular flexibility index (Phi) is 7.55. The third-order valence-corrected chi connectivity index (χ3v) is 2.77. The summed E-state index contributed by atoms with van der Waals surface area (Å²) in [5.74, 6) is -0.0422. The Morgan fingerprint density at radius 3 is 2.18 bits per heavy atom. The summed E-state index contributed by atoms with van der Waals surface area (Å²) in [5, 5.41) is 11.2. The van der Waals surface area contributed by atoms with E-state index in [4.69, 9.17) is 9.47 Å². The molecular formula is C14H19ClN2O5. The number of likely N-dealkylation sites (N-methyl/N-ethyl adjacent to an activating group) is 1. The summed E-state index contributed by atoms with van der Waals surface area (Å²) in [5.41, 5.74) is -0.141. The second-order valence-electron chi connectivity index (χ2n) is 4.65. The SMILES string of the molecule is C=C(CN(C)C)C(=O)c1cc(OC)c(OC)cc1[N+](=O)[O-].Cl. The van der Waals surface area contributed by atoms with E-state index in [1.807, 2.05) is 0 Å². The molecule has 0 saturated carbocycles. The number of nitro groups is 1. The first-order chi connectivity index (χ1) is 9.81. The molecule has 22 heavy (non-hydrogen) atoms. The fraction of sp³-hybridized carbons (Fsp3) is 0.357. The maximum atomic E-state index is 12.3. The Bertz CT molecular complexity index is 587. The Hall–Kier alpha value is -2.12. The van der Waals surface area contributed by atoms with Crippen LogP contribution in [0, 0.1) is 10.1 Å². The summed E-state index contributed by atoms with van der Waals surface area (Å²) < 4.78 is 10.1. The molecule has 0 aromatic heterocycles. The summed E-state index contributed by atoms with van der Waals surface area (Å²) >= 11 is 0. The molecule has 0 N–H and O–H groups in total. The summed E-state index contributed by atoms with van der Waals surface area (Å²) in [6.07, 6.45) is 0. The van der Waals surface area contributed by atoms with E-state index in [-0.39, 0.29) is 40.7 Å². The standard InChI is InChI=1S/C14H18N2O5.ClH/c1-9(8-15(2)3)14(17)10-6-12(20-4)13(21-5)7-11(10)16(18)19;/h6-7H,1,8H2,2-5H3;1H. The molecule has 0 bridgehead atoms. The van der Waals surface area contributed by atoms with Crippen LogP contribution in [0.25, 0.3) is 0 Å². The number of nitrogens with zero attached hydrogens (tertiary/aromatic N) is 2. The van der Waals surface area contributed by atoms with Crippen LogP contribution in [-0.2, 0) is 0 Å². The molecule has 7 nitrogen and oxygen atoms in total. The van der Waals surface area contributed by atoms with E-state index in [1.165, 1.54) is 26.4 Å². The molecule has 0 saturated heterocycles. The fourth-order valence-electron chi connectivity index (χ4n) is 1.85. The zero-order valence-electron chi connectivity index (χ0n) is 12.9. The minimum absolute atomic E-state index is 0. The molecule has 0 unspecified atom stereocenters. The van der Waals surface area contributed by atoms with Crippen LogP contribution in [0.5, 0.6) is 11.5 Å². The summed E-state index contributed by atoms with van der Waals surface area (Å²) in [6, 6.07) is 2.48. The van der Waals surface area contributed by atoms with Crippen molar-refractivity contribution in [1.82, 2.24) is 4.90 Å². The normalized spacial score (nSPS) is 9.86. The van der Waals surface area contributed by atoms with E-state index in [2.05, 4.69) is 6.58 Å². The number of halogens is 1. The van der Waals surface area contributed by atoms with E-state index in [0.29, 0.717) is 6.54 Å². The van der Waals surface area contributed by atoms with Crippen molar-refractivity contribution >= 4 is 23.9 Å². The highest BCUT2D eigenvalue weighted by atomic mass is 35.5. The molecule has 0 fully saturated rings. The molecule has 0 aliphatic carbocycles. The zero-order valence-corrected chi connectivity index (χ0v) is 13.7. The highest BCUT2D eigenvalue weighted by molar-refractivity contribution is 6.11. The Balaban J connectivity index is 0.00000441. The summed E-state index contributed by atoms with van der Waals surface area (Å²) in [6.45, 7) is 3.99. The molecule has 0 radical (unpaired) electrons. The Morgan fingerprint density at radius 2 is 1.77 bits per heavy atom. The molecule has 0 aliphatic rings. The van der Waals surface area contributed by atoms with Crippen molar-refractivity contribution in [2.24, 2.45) is 0 Å².